The maximum absolute atomic E-state index is 12.7. The zero-order valence-corrected chi connectivity index (χ0v) is 12.9. The molecule has 4 saturated carbocycles. The Morgan fingerprint density at radius 1 is 1.14 bits per heavy atom. The second-order valence-corrected chi connectivity index (χ2v) is 8.12. The summed E-state index contributed by atoms with van der Waals surface area (Å²) in [4.78, 5) is 25.1. The Labute approximate surface area is 128 Å². The summed E-state index contributed by atoms with van der Waals surface area (Å²) in [5.41, 5.74) is -0.162. The van der Waals surface area contributed by atoms with Crippen molar-refractivity contribution in [3.63, 3.8) is 0 Å². The van der Waals surface area contributed by atoms with Crippen LogP contribution >= 0.6 is 11.3 Å². The average molecular weight is 304 g/mol. The van der Waals surface area contributed by atoms with E-state index in [1.54, 1.807) is 6.07 Å². The summed E-state index contributed by atoms with van der Waals surface area (Å²) in [6.07, 6.45) is 7.07. The first-order valence-corrected chi connectivity index (χ1v) is 8.76. The number of Topliss-reactive ketones (excluding diaryl/α,β-unsaturated/α-hetero) is 1. The fraction of sp³-hybridized carbons (Fsp3) is 0.647. The molecule has 3 nitrogen and oxygen atoms in total. The van der Waals surface area contributed by atoms with Crippen molar-refractivity contribution in [1.82, 2.24) is 0 Å². The Hall–Kier alpha value is -1.16. The molecule has 4 heteroatoms. The predicted octanol–water partition coefficient (Wildman–Crippen LogP) is 3.69. The minimum Gasteiger partial charge on any atom is -0.453 e. The molecule has 1 aromatic heterocycles. The average Bonchev–Trinajstić information content (AvgIpc) is 2.97. The van der Waals surface area contributed by atoms with Gasteiger partial charge in [-0.2, -0.15) is 0 Å². The molecular formula is C17H20O3S. The van der Waals surface area contributed by atoms with Crippen LogP contribution in [-0.2, 0) is 9.53 Å². The minimum absolute atomic E-state index is 0.0388. The van der Waals surface area contributed by atoms with Gasteiger partial charge in [0.2, 0.25) is 0 Å². The number of ether oxygens (including phenoxy) is 1. The highest BCUT2D eigenvalue weighted by molar-refractivity contribution is 7.11. The molecule has 1 heterocycles. The lowest BCUT2D eigenvalue weighted by Gasteiger charge is -2.55. The molecule has 0 aromatic carbocycles. The van der Waals surface area contributed by atoms with Gasteiger partial charge in [0.05, 0.1) is 0 Å². The first-order valence-electron chi connectivity index (χ1n) is 7.88. The monoisotopic (exact) mass is 304 g/mol. The lowest BCUT2D eigenvalue weighted by molar-refractivity contribution is -0.147. The molecule has 4 aliphatic carbocycles. The molecule has 0 unspecified atom stereocenters. The Morgan fingerprint density at radius 3 is 2.29 bits per heavy atom. The van der Waals surface area contributed by atoms with Gasteiger partial charge in [-0.15, -0.1) is 11.3 Å². The van der Waals surface area contributed by atoms with Gasteiger partial charge >= 0.3 is 5.97 Å². The van der Waals surface area contributed by atoms with E-state index >= 15 is 0 Å². The number of rotatable bonds is 4. The van der Waals surface area contributed by atoms with Gasteiger partial charge in [-0.1, -0.05) is 6.07 Å². The third-order valence-electron chi connectivity index (χ3n) is 5.69. The summed E-state index contributed by atoms with van der Waals surface area (Å²) in [5.74, 6) is 2.05. The summed E-state index contributed by atoms with van der Waals surface area (Å²) < 4.78 is 5.26. The Kier molecular flexibility index (Phi) is 3.18. The number of hydrogen-bond donors (Lipinski definition) is 0. The topological polar surface area (TPSA) is 43.4 Å². The minimum atomic E-state index is -0.358. The zero-order chi connectivity index (χ0) is 14.4. The van der Waals surface area contributed by atoms with Crippen molar-refractivity contribution >= 4 is 23.1 Å². The van der Waals surface area contributed by atoms with Gasteiger partial charge in [0.1, 0.15) is 4.88 Å². The maximum Gasteiger partial charge on any atom is 0.348 e. The molecule has 0 atom stereocenters. The van der Waals surface area contributed by atoms with Gasteiger partial charge in [-0.05, 0) is 67.7 Å². The van der Waals surface area contributed by atoms with Crippen LogP contribution in [0, 0.1) is 23.2 Å². The number of ketones is 1. The first-order chi connectivity index (χ1) is 10.1. The summed E-state index contributed by atoms with van der Waals surface area (Å²) in [7, 11) is 0. The van der Waals surface area contributed by atoms with Gasteiger partial charge < -0.3 is 4.74 Å². The predicted molar refractivity (Wildman–Crippen MR) is 80.2 cm³/mol. The van der Waals surface area contributed by atoms with E-state index in [-0.39, 0.29) is 23.8 Å². The first kappa shape index (κ1) is 13.5. The van der Waals surface area contributed by atoms with Crippen LogP contribution in [0.15, 0.2) is 17.5 Å². The summed E-state index contributed by atoms with van der Waals surface area (Å²) >= 11 is 1.36. The van der Waals surface area contributed by atoms with Crippen molar-refractivity contribution in [2.24, 2.45) is 23.2 Å². The van der Waals surface area contributed by atoms with E-state index in [1.807, 2.05) is 11.4 Å². The third kappa shape index (κ3) is 2.33. The van der Waals surface area contributed by atoms with Crippen LogP contribution in [0.2, 0.25) is 0 Å². The number of esters is 1. The number of thiophene rings is 1. The largest absolute Gasteiger partial charge is 0.453 e. The lowest BCUT2D eigenvalue weighted by Crippen LogP contribution is -2.51. The number of hydrogen-bond acceptors (Lipinski definition) is 4. The van der Waals surface area contributed by atoms with Gasteiger partial charge in [-0.3, -0.25) is 4.79 Å². The van der Waals surface area contributed by atoms with Crippen LogP contribution in [0.4, 0.5) is 0 Å². The van der Waals surface area contributed by atoms with E-state index < -0.39 is 0 Å². The van der Waals surface area contributed by atoms with Gasteiger partial charge in [-0.25, -0.2) is 4.79 Å². The molecule has 0 amide bonds. The summed E-state index contributed by atoms with van der Waals surface area (Å²) in [5, 5.41) is 1.84. The standard InChI is InChI=1S/C17H20O3S/c18-15(10-20-16(19)14-2-1-3-21-14)17-7-11-4-12(8-17)6-13(5-11)9-17/h1-3,11-13H,4-10H2. The molecule has 4 aliphatic rings. The second kappa shape index (κ2) is 4.94. The molecule has 0 saturated heterocycles. The Morgan fingerprint density at radius 2 is 1.76 bits per heavy atom. The fourth-order valence-electron chi connectivity index (χ4n) is 5.20. The van der Waals surface area contributed by atoms with E-state index in [0.29, 0.717) is 4.88 Å². The summed E-state index contributed by atoms with van der Waals surface area (Å²) in [6.45, 7) is -0.0388. The molecule has 112 valence electrons. The van der Waals surface area contributed by atoms with Crippen LogP contribution in [0.25, 0.3) is 0 Å². The SMILES string of the molecule is O=C(OCC(=O)C12CC3CC(CC(C3)C1)C2)c1cccs1. The summed E-state index contributed by atoms with van der Waals surface area (Å²) in [6, 6.07) is 3.56. The number of carbonyl (C=O) groups is 2. The van der Waals surface area contributed by atoms with Crippen LogP contribution < -0.4 is 0 Å². The molecule has 21 heavy (non-hydrogen) atoms. The van der Waals surface area contributed by atoms with Crippen molar-refractivity contribution < 1.29 is 14.3 Å². The normalized spacial score (nSPS) is 36.7. The van der Waals surface area contributed by atoms with Gasteiger partial charge in [0.25, 0.3) is 0 Å². The third-order valence-corrected chi connectivity index (χ3v) is 6.54. The maximum atomic E-state index is 12.7. The smallest absolute Gasteiger partial charge is 0.348 e. The van der Waals surface area contributed by atoms with Crippen molar-refractivity contribution in [3.8, 4) is 0 Å². The molecular weight excluding hydrogens is 284 g/mol. The molecule has 1 aromatic rings. The van der Waals surface area contributed by atoms with E-state index in [2.05, 4.69) is 0 Å². The molecule has 0 aliphatic heterocycles. The van der Waals surface area contributed by atoms with Gasteiger partial charge in [0.15, 0.2) is 12.4 Å². The lowest BCUT2D eigenvalue weighted by atomic mass is 9.48. The van der Waals surface area contributed by atoms with Gasteiger partial charge in [0, 0.05) is 5.41 Å². The van der Waals surface area contributed by atoms with Crippen molar-refractivity contribution in [2.45, 2.75) is 38.5 Å². The van der Waals surface area contributed by atoms with E-state index in [1.165, 1.54) is 30.6 Å². The van der Waals surface area contributed by atoms with Crippen molar-refractivity contribution in [1.29, 1.82) is 0 Å². The second-order valence-electron chi connectivity index (χ2n) is 7.17. The van der Waals surface area contributed by atoms with Crippen molar-refractivity contribution in [2.75, 3.05) is 6.61 Å². The molecule has 5 rings (SSSR count). The van der Waals surface area contributed by atoms with Crippen molar-refractivity contribution in [3.05, 3.63) is 22.4 Å². The zero-order valence-electron chi connectivity index (χ0n) is 12.0. The highest BCUT2D eigenvalue weighted by atomic mass is 32.1. The Balaban J connectivity index is 1.42. The van der Waals surface area contributed by atoms with E-state index in [4.69, 9.17) is 4.74 Å². The quantitative estimate of drug-likeness (QED) is 0.797. The highest BCUT2D eigenvalue weighted by Gasteiger charge is 2.54. The highest BCUT2D eigenvalue weighted by Crippen LogP contribution is 2.60. The molecule has 0 spiro atoms. The van der Waals surface area contributed by atoms with E-state index in [0.717, 1.165) is 37.0 Å². The molecule has 4 fully saturated rings. The fourth-order valence-corrected chi connectivity index (χ4v) is 5.82. The molecule has 0 N–H and O–H groups in total. The number of carbonyl (C=O) groups excluding carboxylic acids is 2. The molecule has 4 bridgehead atoms. The van der Waals surface area contributed by atoms with E-state index in [9.17, 15) is 9.59 Å². The van der Waals surface area contributed by atoms with Crippen LogP contribution in [0.3, 0.4) is 0 Å². The van der Waals surface area contributed by atoms with Crippen LogP contribution in [-0.4, -0.2) is 18.4 Å². The molecule has 0 radical (unpaired) electrons. The van der Waals surface area contributed by atoms with Crippen LogP contribution in [0.5, 0.6) is 0 Å². The van der Waals surface area contributed by atoms with Crippen LogP contribution in [0.1, 0.15) is 48.2 Å². The Bertz CT molecular complexity index is 525.